The molecule has 1 amide bonds. The number of benzene rings is 1. The molecule has 4 nitrogen and oxygen atoms in total. The van der Waals surface area contributed by atoms with Gasteiger partial charge in [-0.1, -0.05) is 18.2 Å². The maximum Gasteiger partial charge on any atom is 0.310 e. The van der Waals surface area contributed by atoms with Crippen molar-refractivity contribution in [3.8, 4) is 0 Å². The number of esters is 1. The van der Waals surface area contributed by atoms with Crippen molar-refractivity contribution < 1.29 is 14.3 Å². The van der Waals surface area contributed by atoms with Gasteiger partial charge in [0.25, 0.3) is 5.91 Å². The Labute approximate surface area is 133 Å². The van der Waals surface area contributed by atoms with Gasteiger partial charge in [0.05, 0.1) is 17.4 Å². The Bertz CT molecular complexity index is 661. The number of fused-ring (bicyclic) bond motifs is 1. The van der Waals surface area contributed by atoms with Crippen LogP contribution in [0.2, 0.25) is 0 Å². The molecule has 3 rings (SSSR count). The van der Waals surface area contributed by atoms with E-state index in [9.17, 15) is 9.59 Å². The first-order chi connectivity index (χ1) is 10.7. The Morgan fingerprint density at radius 2 is 2.18 bits per heavy atom. The first kappa shape index (κ1) is 15.0. The number of thiophene rings is 1. The van der Waals surface area contributed by atoms with Crippen molar-refractivity contribution in [3.05, 3.63) is 35.2 Å². The number of rotatable bonds is 3. The first-order valence-electron chi connectivity index (χ1n) is 7.63. The van der Waals surface area contributed by atoms with Gasteiger partial charge in [-0.25, -0.2) is 0 Å². The van der Waals surface area contributed by atoms with Crippen LogP contribution in [0.5, 0.6) is 0 Å². The fourth-order valence-electron chi connectivity index (χ4n) is 2.86. The number of hydrogen-bond acceptors (Lipinski definition) is 4. The van der Waals surface area contributed by atoms with Gasteiger partial charge < -0.3 is 9.64 Å². The second-order valence-corrected chi connectivity index (χ2v) is 6.57. The monoisotopic (exact) mass is 317 g/mol. The maximum atomic E-state index is 12.7. The largest absolute Gasteiger partial charge is 0.466 e. The lowest BCUT2D eigenvalue weighted by Gasteiger charge is -2.31. The van der Waals surface area contributed by atoms with E-state index in [1.54, 1.807) is 11.8 Å². The van der Waals surface area contributed by atoms with E-state index in [0.29, 0.717) is 19.7 Å². The van der Waals surface area contributed by atoms with Crippen LogP contribution in [0.1, 0.15) is 29.4 Å². The van der Waals surface area contributed by atoms with Crippen LogP contribution in [0.15, 0.2) is 30.3 Å². The molecule has 0 bridgehead atoms. The Balaban J connectivity index is 1.75. The molecule has 1 aromatic carbocycles. The molecule has 0 radical (unpaired) electrons. The van der Waals surface area contributed by atoms with Crippen molar-refractivity contribution in [2.75, 3.05) is 19.7 Å². The highest BCUT2D eigenvalue weighted by Crippen LogP contribution is 2.28. The molecule has 0 unspecified atom stereocenters. The summed E-state index contributed by atoms with van der Waals surface area (Å²) in [7, 11) is 0. The Morgan fingerprint density at radius 1 is 1.36 bits per heavy atom. The predicted octanol–water partition coefficient (Wildman–Crippen LogP) is 3.32. The standard InChI is InChI=1S/C17H19NO3S/c1-2-21-17(20)13-7-5-9-18(11-13)16(19)15-10-12-6-3-4-8-14(12)22-15/h3-4,6,8,10,13H,2,5,7,9,11H2,1H3/t13-/m1/s1. The van der Waals surface area contributed by atoms with E-state index >= 15 is 0 Å². The quantitative estimate of drug-likeness (QED) is 0.816. The van der Waals surface area contributed by atoms with Crippen molar-refractivity contribution in [2.24, 2.45) is 5.92 Å². The lowest BCUT2D eigenvalue weighted by atomic mass is 9.98. The molecule has 2 aromatic rings. The normalized spacial score (nSPS) is 18.4. The molecule has 116 valence electrons. The molecular formula is C17H19NO3S. The first-order valence-corrected chi connectivity index (χ1v) is 8.45. The number of amides is 1. The van der Waals surface area contributed by atoms with Gasteiger partial charge in [0, 0.05) is 17.8 Å². The molecule has 22 heavy (non-hydrogen) atoms. The molecule has 0 saturated carbocycles. The molecule has 0 N–H and O–H groups in total. The van der Waals surface area contributed by atoms with E-state index in [2.05, 4.69) is 0 Å². The molecule has 1 saturated heterocycles. The van der Waals surface area contributed by atoms with Gasteiger partial charge in [-0.3, -0.25) is 9.59 Å². The van der Waals surface area contributed by atoms with E-state index in [-0.39, 0.29) is 17.8 Å². The number of piperidine rings is 1. The summed E-state index contributed by atoms with van der Waals surface area (Å²) in [6, 6.07) is 9.93. The molecule has 0 spiro atoms. The number of carbonyl (C=O) groups excluding carboxylic acids is 2. The van der Waals surface area contributed by atoms with Crippen LogP contribution in [-0.2, 0) is 9.53 Å². The van der Waals surface area contributed by atoms with Crippen molar-refractivity contribution in [1.82, 2.24) is 4.90 Å². The minimum Gasteiger partial charge on any atom is -0.466 e. The molecule has 0 aliphatic carbocycles. The van der Waals surface area contributed by atoms with Crippen LogP contribution in [0.4, 0.5) is 0 Å². The Hall–Kier alpha value is -1.88. The van der Waals surface area contributed by atoms with Gasteiger partial charge in [0.2, 0.25) is 0 Å². The molecule has 2 heterocycles. The highest BCUT2D eigenvalue weighted by molar-refractivity contribution is 7.20. The van der Waals surface area contributed by atoms with Gasteiger partial charge in [-0.05, 0) is 37.3 Å². The Morgan fingerprint density at radius 3 is 2.95 bits per heavy atom. The van der Waals surface area contributed by atoms with Crippen LogP contribution in [0.3, 0.4) is 0 Å². The number of hydrogen-bond donors (Lipinski definition) is 0. The van der Waals surface area contributed by atoms with Crippen molar-refractivity contribution in [3.63, 3.8) is 0 Å². The third-order valence-electron chi connectivity index (χ3n) is 3.96. The SMILES string of the molecule is CCOC(=O)[C@@H]1CCCN(C(=O)c2cc3ccccc3s2)C1. The van der Waals surface area contributed by atoms with E-state index in [1.165, 1.54) is 11.3 Å². The molecule has 1 fully saturated rings. The van der Waals surface area contributed by atoms with E-state index < -0.39 is 0 Å². The summed E-state index contributed by atoms with van der Waals surface area (Å²) in [6.07, 6.45) is 1.65. The van der Waals surface area contributed by atoms with Crippen LogP contribution in [-0.4, -0.2) is 36.5 Å². The number of likely N-dealkylation sites (tertiary alicyclic amines) is 1. The maximum absolute atomic E-state index is 12.7. The number of nitrogens with zero attached hydrogens (tertiary/aromatic N) is 1. The third kappa shape index (κ3) is 2.99. The fourth-order valence-corrected chi connectivity index (χ4v) is 3.89. The summed E-state index contributed by atoms with van der Waals surface area (Å²) in [6.45, 7) is 3.37. The smallest absolute Gasteiger partial charge is 0.310 e. The highest BCUT2D eigenvalue weighted by Gasteiger charge is 2.30. The second-order valence-electron chi connectivity index (χ2n) is 5.49. The zero-order chi connectivity index (χ0) is 15.5. The number of carbonyl (C=O) groups is 2. The summed E-state index contributed by atoms with van der Waals surface area (Å²) in [5.41, 5.74) is 0. The molecular weight excluding hydrogens is 298 g/mol. The summed E-state index contributed by atoms with van der Waals surface area (Å²) >= 11 is 1.51. The molecule has 1 aliphatic rings. The zero-order valence-electron chi connectivity index (χ0n) is 12.6. The summed E-state index contributed by atoms with van der Waals surface area (Å²) in [5.74, 6) is -0.349. The minimum atomic E-state index is -0.188. The second kappa shape index (κ2) is 6.48. The van der Waals surface area contributed by atoms with E-state index in [4.69, 9.17) is 4.74 Å². The lowest BCUT2D eigenvalue weighted by Crippen LogP contribution is -2.42. The lowest BCUT2D eigenvalue weighted by molar-refractivity contribution is -0.149. The van der Waals surface area contributed by atoms with Gasteiger partial charge in [0.1, 0.15) is 0 Å². The van der Waals surface area contributed by atoms with Crippen LogP contribution >= 0.6 is 11.3 Å². The van der Waals surface area contributed by atoms with E-state index in [1.807, 2.05) is 30.3 Å². The average molecular weight is 317 g/mol. The Kier molecular flexibility index (Phi) is 4.43. The van der Waals surface area contributed by atoms with Crippen molar-refractivity contribution in [1.29, 1.82) is 0 Å². The van der Waals surface area contributed by atoms with Crippen molar-refractivity contribution >= 4 is 33.3 Å². The van der Waals surface area contributed by atoms with Crippen LogP contribution in [0, 0.1) is 5.92 Å². The van der Waals surface area contributed by atoms with E-state index in [0.717, 1.165) is 27.8 Å². The summed E-state index contributed by atoms with van der Waals surface area (Å²) in [5, 5.41) is 1.09. The zero-order valence-corrected chi connectivity index (χ0v) is 13.4. The molecule has 1 atom stereocenters. The van der Waals surface area contributed by atoms with Gasteiger partial charge in [0.15, 0.2) is 0 Å². The minimum absolute atomic E-state index is 0.0233. The molecule has 1 aliphatic heterocycles. The third-order valence-corrected chi connectivity index (χ3v) is 5.07. The average Bonchev–Trinajstić information content (AvgIpc) is 2.98. The summed E-state index contributed by atoms with van der Waals surface area (Å²) < 4.78 is 6.20. The predicted molar refractivity (Wildman–Crippen MR) is 87.1 cm³/mol. The molecule has 5 heteroatoms. The number of ether oxygens (including phenoxy) is 1. The van der Waals surface area contributed by atoms with Crippen LogP contribution in [0.25, 0.3) is 10.1 Å². The fraction of sp³-hybridized carbons (Fsp3) is 0.412. The highest BCUT2D eigenvalue weighted by atomic mass is 32.1. The summed E-state index contributed by atoms with van der Waals surface area (Å²) in [4.78, 5) is 27.1. The van der Waals surface area contributed by atoms with Crippen molar-refractivity contribution in [2.45, 2.75) is 19.8 Å². The van der Waals surface area contributed by atoms with Gasteiger partial charge in [-0.15, -0.1) is 11.3 Å². The topological polar surface area (TPSA) is 46.6 Å². The molecule has 1 aromatic heterocycles. The van der Waals surface area contributed by atoms with Gasteiger partial charge >= 0.3 is 5.97 Å². The van der Waals surface area contributed by atoms with Crippen LogP contribution < -0.4 is 0 Å². The van der Waals surface area contributed by atoms with Gasteiger partial charge in [-0.2, -0.15) is 0 Å².